The molecule has 38 heavy (non-hydrogen) atoms. The Morgan fingerprint density at radius 3 is 2.00 bits per heavy atom. The predicted octanol–water partition coefficient (Wildman–Crippen LogP) is 5.15. The zero-order valence-electron chi connectivity index (χ0n) is 22.2. The van der Waals surface area contributed by atoms with E-state index in [-0.39, 0.29) is 12.2 Å². The smallest absolute Gasteiger partial charge is 0.307 e. The van der Waals surface area contributed by atoms with Gasteiger partial charge >= 0.3 is 5.97 Å². The van der Waals surface area contributed by atoms with Crippen LogP contribution in [0.25, 0.3) is 11.1 Å². The Hall–Kier alpha value is -4.17. The van der Waals surface area contributed by atoms with E-state index in [9.17, 15) is 19.5 Å². The van der Waals surface area contributed by atoms with E-state index in [0.29, 0.717) is 36.5 Å². The largest absolute Gasteiger partial charge is 0.493 e. The third kappa shape index (κ3) is 9.05. The Labute approximate surface area is 223 Å². The standard InChI is InChI=1S/C20H23NO4.C10H12O3/c1-21-18-9-7-15(8-10-18)14-3-5-16(6-4-14)19(22)13-17(20(23)24)11-12-25-2;1-12-9-4-3-8(5-6-11)7-10(9)13-2/h3-10,17,21H,11-13H2,1-2H3,(H,23,24);3-4,6-7H,5H2,1-2H3. The fraction of sp³-hybridized carbons (Fsp3) is 0.300. The minimum absolute atomic E-state index is 0.0189. The fourth-order valence-electron chi connectivity index (χ4n) is 3.70. The number of Topliss-reactive ketones (excluding diaryl/α,β-unsaturated/α-hetero) is 1. The summed E-state index contributed by atoms with van der Waals surface area (Å²) in [6.45, 7) is 0.325. The third-order valence-corrected chi connectivity index (χ3v) is 5.93. The number of ether oxygens (including phenoxy) is 3. The highest BCUT2D eigenvalue weighted by Crippen LogP contribution is 2.27. The van der Waals surface area contributed by atoms with Gasteiger partial charge in [-0.05, 0) is 47.4 Å². The van der Waals surface area contributed by atoms with Crippen molar-refractivity contribution in [2.24, 2.45) is 5.92 Å². The molecule has 8 heteroatoms. The number of anilines is 1. The molecule has 0 radical (unpaired) electrons. The molecule has 1 atom stereocenters. The monoisotopic (exact) mass is 521 g/mol. The van der Waals surface area contributed by atoms with Crippen LogP contribution in [0.15, 0.2) is 66.7 Å². The van der Waals surface area contributed by atoms with Crippen LogP contribution in [-0.2, 0) is 20.7 Å². The van der Waals surface area contributed by atoms with Crippen LogP contribution in [0.4, 0.5) is 5.69 Å². The van der Waals surface area contributed by atoms with E-state index >= 15 is 0 Å². The highest BCUT2D eigenvalue weighted by molar-refractivity contribution is 5.98. The molecule has 0 bridgehead atoms. The number of benzene rings is 3. The van der Waals surface area contributed by atoms with Gasteiger partial charge in [-0.3, -0.25) is 9.59 Å². The molecular weight excluding hydrogens is 486 g/mol. The lowest BCUT2D eigenvalue weighted by atomic mass is 9.94. The van der Waals surface area contributed by atoms with Gasteiger partial charge in [0, 0.05) is 44.9 Å². The highest BCUT2D eigenvalue weighted by Gasteiger charge is 2.21. The van der Waals surface area contributed by atoms with Crippen molar-refractivity contribution in [3.8, 4) is 22.6 Å². The Balaban J connectivity index is 0.000000328. The molecule has 1 unspecified atom stereocenters. The minimum atomic E-state index is -0.966. The summed E-state index contributed by atoms with van der Waals surface area (Å²) in [4.78, 5) is 33.8. The predicted molar refractivity (Wildman–Crippen MR) is 147 cm³/mol. The van der Waals surface area contributed by atoms with Gasteiger partial charge < -0.3 is 29.4 Å². The summed E-state index contributed by atoms with van der Waals surface area (Å²) in [5.41, 5.74) is 4.55. The Morgan fingerprint density at radius 1 is 0.895 bits per heavy atom. The van der Waals surface area contributed by atoms with Gasteiger partial charge in [-0.25, -0.2) is 0 Å². The molecule has 0 amide bonds. The zero-order chi connectivity index (χ0) is 27.9. The van der Waals surface area contributed by atoms with Crippen LogP contribution in [0.1, 0.15) is 28.8 Å². The van der Waals surface area contributed by atoms with Gasteiger partial charge in [-0.1, -0.05) is 42.5 Å². The summed E-state index contributed by atoms with van der Waals surface area (Å²) < 4.78 is 15.1. The summed E-state index contributed by atoms with van der Waals surface area (Å²) in [5.74, 6) is -0.521. The van der Waals surface area contributed by atoms with E-state index < -0.39 is 11.9 Å². The SMILES string of the molecule is CNc1ccc(-c2ccc(C(=O)CC(CCOC)C(=O)O)cc2)cc1.COc1ccc(CC=O)cc1OC. The molecule has 202 valence electrons. The number of carboxylic acids is 1. The minimum Gasteiger partial charge on any atom is -0.493 e. The van der Waals surface area contributed by atoms with Gasteiger partial charge in [0.2, 0.25) is 0 Å². The maximum Gasteiger partial charge on any atom is 0.307 e. The van der Waals surface area contributed by atoms with Gasteiger partial charge in [0.05, 0.1) is 20.1 Å². The van der Waals surface area contributed by atoms with E-state index in [0.717, 1.165) is 28.7 Å². The first-order chi connectivity index (χ1) is 18.4. The number of methoxy groups -OCH3 is 3. The lowest BCUT2D eigenvalue weighted by Gasteiger charge is -2.11. The van der Waals surface area contributed by atoms with E-state index in [4.69, 9.17) is 14.2 Å². The van der Waals surface area contributed by atoms with Crippen LogP contribution in [0.5, 0.6) is 11.5 Å². The molecule has 0 aromatic heterocycles. The number of rotatable bonds is 13. The number of aldehydes is 1. The molecule has 0 saturated carbocycles. The van der Waals surface area contributed by atoms with E-state index in [1.807, 2.05) is 49.5 Å². The van der Waals surface area contributed by atoms with Gasteiger partial charge in [0.25, 0.3) is 0 Å². The van der Waals surface area contributed by atoms with Crippen molar-refractivity contribution < 1.29 is 33.7 Å². The number of carbonyl (C=O) groups excluding carboxylic acids is 2. The zero-order valence-corrected chi connectivity index (χ0v) is 22.2. The van der Waals surface area contributed by atoms with Crippen molar-refractivity contribution in [3.05, 3.63) is 77.9 Å². The van der Waals surface area contributed by atoms with Crippen molar-refractivity contribution in [3.63, 3.8) is 0 Å². The maximum atomic E-state index is 12.3. The lowest BCUT2D eigenvalue weighted by molar-refractivity contribution is -0.142. The van der Waals surface area contributed by atoms with Crippen LogP contribution in [-0.4, -0.2) is 58.1 Å². The Bertz CT molecular complexity index is 1170. The third-order valence-electron chi connectivity index (χ3n) is 5.93. The Morgan fingerprint density at radius 2 is 1.50 bits per heavy atom. The van der Waals surface area contributed by atoms with Crippen molar-refractivity contribution in [2.45, 2.75) is 19.3 Å². The van der Waals surface area contributed by atoms with Gasteiger partial charge in [-0.2, -0.15) is 0 Å². The molecule has 2 N–H and O–H groups in total. The quantitative estimate of drug-likeness (QED) is 0.235. The molecule has 3 aromatic rings. The second-order valence-electron chi connectivity index (χ2n) is 8.41. The van der Waals surface area contributed by atoms with Crippen LogP contribution in [0.2, 0.25) is 0 Å². The fourth-order valence-corrected chi connectivity index (χ4v) is 3.70. The number of aliphatic carboxylic acids is 1. The molecule has 0 fully saturated rings. The van der Waals surface area contributed by atoms with Crippen LogP contribution >= 0.6 is 0 Å². The van der Waals surface area contributed by atoms with Crippen LogP contribution in [0, 0.1) is 5.92 Å². The topological polar surface area (TPSA) is 111 Å². The van der Waals surface area contributed by atoms with Crippen molar-refractivity contribution in [1.82, 2.24) is 0 Å². The second kappa shape index (κ2) is 15.8. The number of hydrogen-bond acceptors (Lipinski definition) is 7. The molecule has 0 spiro atoms. The molecule has 0 saturated heterocycles. The van der Waals surface area contributed by atoms with E-state index in [1.165, 1.54) is 7.11 Å². The first-order valence-electron chi connectivity index (χ1n) is 12.1. The molecule has 3 aromatic carbocycles. The van der Waals surface area contributed by atoms with Crippen molar-refractivity contribution >= 4 is 23.7 Å². The average molecular weight is 522 g/mol. The number of carbonyl (C=O) groups is 3. The van der Waals surface area contributed by atoms with E-state index in [2.05, 4.69) is 5.32 Å². The van der Waals surface area contributed by atoms with Crippen LogP contribution < -0.4 is 14.8 Å². The summed E-state index contributed by atoms with van der Waals surface area (Å²) in [6, 6.07) is 20.7. The molecule has 0 aliphatic rings. The summed E-state index contributed by atoms with van der Waals surface area (Å²) >= 11 is 0. The number of nitrogens with one attached hydrogen (secondary N) is 1. The number of carboxylic acid groups (broad SMARTS) is 1. The molecule has 0 heterocycles. The second-order valence-corrected chi connectivity index (χ2v) is 8.41. The normalized spacial score (nSPS) is 10.9. The first kappa shape index (κ1) is 30.1. The van der Waals surface area contributed by atoms with Gasteiger partial charge in [0.1, 0.15) is 6.29 Å². The van der Waals surface area contributed by atoms with E-state index in [1.54, 1.807) is 38.5 Å². The van der Waals surface area contributed by atoms with Crippen molar-refractivity contribution in [1.29, 1.82) is 0 Å². The molecule has 3 rings (SSSR count). The van der Waals surface area contributed by atoms with Crippen molar-refractivity contribution in [2.75, 3.05) is 40.3 Å². The average Bonchev–Trinajstić information content (AvgIpc) is 2.95. The molecule has 8 nitrogen and oxygen atoms in total. The molecule has 0 aliphatic carbocycles. The first-order valence-corrected chi connectivity index (χ1v) is 12.1. The molecule has 0 aliphatic heterocycles. The summed E-state index contributed by atoms with van der Waals surface area (Å²) in [6.07, 6.45) is 1.57. The maximum absolute atomic E-state index is 12.3. The van der Waals surface area contributed by atoms with Gasteiger partial charge in [0.15, 0.2) is 17.3 Å². The summed E-state index contributed by atoms with van der Waals surface area (Å²) in [7, 11) is 6.54. The molecular formula is C30H35NO7. The number of hydrogen-bond donors (Lipinski definition) is 2. The van der Waals surface area contributed by atoms with Crippen LogP contribution in [0.3, 0.4) is 0 Å². The number of ketones is 1. The van der Waals surface area contributed by atoms with Gasteiger partial charge in [-0.15, -0.1) is 0 Å². The lowest BCUT2D eigenvalue weighted by Crippen LogP contribution is -2.19. The Kier molecular flexibility index (Phi) is 12.5. The highest BCUT2D eigenvalue weighted by atomic mass is 16.5. The summed E-state index contributed by atoms with van der Waals surface area (Å²) in [5, 5.41) is 12.3.